The Morgan fingerprint density at radius 1 is 1.26 bits per heavy atom. The van der Waals surface area contributed by atoms with Crippen LogP contribution in [0.1, 0.15) is 38.3 Å². The van der Waals surface area contributed by atoms with Gasteiger partial charge in [0, 0.05) is 5.56 Å². The Bertz CT molecular complexity index is 394. The third-order valence-electron chi connectivity index (χ3n) is 3.81. The van der Waals surface area contributed by atoms with Crippen LogP contribution < -0.4 is 10.1 Å². The zero-order valence-corrected chi connectivity index (χ0v) is 12.4. The summed E-state index contributed by atoms with van der Waals surface area (Å²) in [5, 5.41) is 3.70. The number of ether oxygens (including phenoxy) is 1. The fraction of sp³-hybridized carbons (Fsp3) is 0.625. The van der Waals surface area contributed by atoms with Gasteiger partial charge in [-0.05, 0) is 39.0 Å². The highest BCUT2D eigenvalue weighted by molar-refractivity contribution is 5.38. The molecule has 19 heavy (non-hydrogen) atoms. The lowest BCUT2D eigenvalue weighted by atomic mass is 9.95. The summed E-state index contributed by atoms with van der Waals surface area (Å²) in [6.45, 7) is 7.37. The topological polar surface area (TPSA) is 24.5 Å². The zero-order chi connectivity index (χ0) is 13.7. The Morgan fingerprint density at radius 2 is 2.05 bits per heavy atom. The van der Waals surface area contributed by atoms with Gasteiger partial charge in [0.15, 0.2) is 0 Å². The van der Waals surface area contributed by atoms with Crippen molar-refractivity contribution in [1.29, 1.82) is 0 Å². The van der Waals surface area contributed by atoms with Crippen molar-refractivity contribution in [2.24, 2.45) is 0 Å². The second kappa shape index (κ2) is 6.92. The molecular formula is C16H26N2O. The molecule has 3 heteroatoms. The molecule has 1 heterocycles. The summed E-state index contributed by atoms with van der Waals surface area (Å²) in [5.41, 5.74) is 1.30. The van der Waals surface area contributed by atoms with Crippen LogP contribution in [0, 0.1) is 0 Å². The summed E-state index contributed by atoms with van der Waals surface area (Å²) in [5.74, 6) is 1.04. The molecule has 2 atom stereocenters. The quantitative estimate of drug-likeness (QED) is 0.853. The molecule has 0 aliphatic carbocycles. The van der Waals surface area contributed by atoms with Crippen LogP contribution in [0.2, 0.25) is 0 Å². The van der Waals surface area contributed by atoms with E-state index in [0.717, 1.165) is 31.9 Å². The van der Waals surface area contributed by atoms with Crippen LogP contribution in [0.5, 0.6) is 5.75 Å². The van der Waals surface area contributed by atoms with E-state index in [0.29, 0.717) is 12.1 Å². The molecule has 0 bridgehead atoms. The van der Waals surface area contributed by atoms with Gasteiger partial charge in [0.1, 0.15) is 12.4 Å². The first kappa shape index (κ1) is 14.4. The molecule has 1 N–H and O–H groups in total. The van der Waals surface area contributed by atoms with Gasteiger partial charge in [-0.25, -0.2) is 0 Å². The smallest absolute Gasteiger partial charge is 0.124 e. The lowest BCUT2D eigenvalue weighted by molar-refractivity contribution is 0.106. The van der Waals surface area contributed by atoms with E-state index in [1.807, 2.05) is 6.07 Å². The lowest BCUT2D eigenvalue weighted by Gasteiger charge is -2.39. The third kappa shape index (κ3) is 3.28. The molecule has 2 unspecified atom stereocenters. The Labute approximate surface area is 116 Å². The molecule has 0 fully saturated rings. The van der Waals surface area contributed by atoms with Gasteiger partial charge in [-0.15, -0.1) is 0 Å². The normalized spacial score (nSPS) is 22.1. The van der Waals surface area contributed by atoms with Crippen LogP contribution in [0.25, 0.3) is 0 Å². The van der Waals surface area contributed by atoms with Crippen molar-refractivity contribution in [2.75, 3.05) is 26.7 Å². The molecule has 0 radical (unpaired) electrons. The number of para-hydroxylation sites is 1. The Balaban J connectivity index is 2.20. The molecule has 1 aliphatic heterocycles. The van der Waals surface area contributed by atoms with Crippen molar-refractivity contribution >= 4 is 0 Å². The van der Waals surface area contributed by atoms with Gasteiger partial charge in [-0.3, -0.25) is 4.90 Å². The van der Waals surface area contributed by atoms with E-state index in [-0.39, 0.29) is 0 Å². The highest BCUT2D eigenvalue weighted by Gasteiger charge is 2.32. The molecular weight excluding hydrogens is 236 g/mol. The Morgan fingerprint density at radius 3 is 2.79 bits per heavy atom. The molecule has 1 aromatic carbocycles. The van der Waals surface area contributed by atoms with Gasteiger partial charge in [-0.1, -0.05) is 32.0 Å². The number of nitrogens with zero attached hydrogens (tertiary/aromatic N) is 1. The zero-order valence-electron chi connectivity index (χ0n) is 12.4. The maximum Gasteiger partial charge on any atom is 0.124 e. The van der Waals surface area contributed by atoms with Gasteiger partial charge in [0.25, 0.3) is 0 Å². The van der Waals surface area contributed by atoms with Gasteiger partial charge < -0.3 is 10.1 Å². The van der Waals surface area contributed by atoms with Crippen molar-refractivity contribution in [1.82, 2.24) is 10.2 Å². The van der Waals surface area contributed by atoms with Crippen molar-refractivity contribution in [3.63, 3.8) is 0 Å². The van der Waals surface area contributed by atoms with E-state index < -0.39 is 0 Å². The van der Waals surface area contributed by atoms with Crippen LogP contribution in [0.15, 0.2) is 24.3 Å². The predicted molar refractivity (Wildman–Crippen MR) is 79.7 cm³/mol. The van der Waals surface area contributed by atoms with Crippen molar-refractivity contribution in [2.45, 2.75) is 38.8 Å². The third-order valence-corrected chi connectivity index (χ3v) is 3.81. The summed E-state index contributed by atoms with van der Waals surface area (Å²) < 4.78 is 5.93. The first-order chi connectivity index (χ1) is 9.27. The molecule has 0 spiro atoms. The maximum atomic E-state index is 5.93. The summed E-state index contributed by atoms with van der Waals surface area (Å²) in [6.07, 6.45) is 2.33. The van der Waals surface area contributed by atoms with Crippen LogP contribution in [0.4, 0.5) is 0 Å². The highest BCUT2D eigenvalue weighted by Crippen LogP contribution is 2.33. The maximum absolute atomic E-state index is 5.93. The van der Waals surface area contributed by atoms with E-state index in [1.54, 1.807) is 0 Å². The standard InChI is InChI=1S/C16H26N2O/c1-4-10-17-16-13-8-6-7-9-15(13)19-12-14(16)18(3)11-5-2/h6-9,14,16-17H,4-5,10-12H2,1-3H3. The Hall–Kier alpha value is -1.06. The van der Waals surface area contributed by atoms with Gasteiger partial charge in [0.2, 0.25) is 0 Å². The number of hydrogen-bond acceptors (Lipinski definition) is 3. The predicted octanol–water partition coefficient (Wildman–Crippen LogP) is 2.83. The first-order valence-electron chi connectivity index (χ1n) is 7.43. The molecule has 0 saturated carbocycles. The van der Waals surface area contributed by atoms with E-state index in [9.17, 15) is 0 Å². The van der Waals surface area contributed by atoms with Crippen LogP contribution in [0.3, 0.4) is 0 Å². The van der Waals surface area contributed by atoms with Crippen molar-refractivity contribution in [3.8, 4) is 5.75 Å². The first-order valence-corrected chi connectivity index (χ1v) is 7.43. The minimum absolute atomic E-state index is 0.376. The molecule has 106 valence electrons. The number of rotatable bonds is 6. The summed E-state index contributed by atoms with van der Waals surface area (Å²) in [7, 11) is 2.20. The second-order valence-corrected chi connectivity index (χ2v) is 5.33. The number of likely N-dealkylation sites (N-methyl/N-ethyl adjacent to an activating group) is 1. The summed E-state index contributed by atoms with van der Waals surface area (Å²) >= 11 is 0. The van der Waals surface area contributed by atoms with E-state index in [1.165, 1.54) is 12.0 Å². The molecule has 0 amide bonds. The van der Waals surface area contributed by atoms with E-state index in [4.69, 9.17) is 4.74 Å². The number of hydrogen-bond donors (Lipinski definition) is 1. The minimum atomic E-state index is 0.376. The fourth-order valence-electron chi connectivity index (χ4n) is 2.79. The van der Waals surface area contributed by atoms with Crippen LogP contribution in [-0.4, -0.2) is 37.7 Å². The van der Waals surface area contributed by atoms with Crippen molar-refractivity contribution in [3.05, 3.63) is 29.8 Å². The van der Waals surface area contributed by atoms with E-state index in [2.05, 4.69) is 49.3 Å². The van der Waals surface area contributed by atoms with E-state index >= 15 is 0 Å². The number of nitrogens with one attached hydrogen (secondary N) is 1. The molecule has 1 aliphatic rings. The molecule has 3 nitrogen and oxygen atoms in total. The van der Waals surface area contributed by atoms with Gasteiger partial charge in [-0.2, -0.15) is 0 Å². The van der Waals surface area contributed by atoms with Gasteiger partial charge in [0.05, 0.1) is 12.1 Å². The summed E-state index contributed by atoms with van der Waals surface area (Å²) in [6, 6.07) is 9.21. The van der Waals surface area contributed by atoms with Gasteiger partial charge >= 0.3 is 0 Å². The lowest BCUT2D eigenvalue weighted by Crippen LogP contribution is -2.49. The molecule has 1 aromatic rings. The van der Waals surface area contributed by atoms with Crippen LogP contribution in [-0.2, 0) is 0 Å². The average Bonchev–Trinajstić information content (AvgIpc) is 2.44. The number of benzene rings is 1. The second-order valence-electron chi connectivity index (χ2n) is 5.33. The Kier molecular flexibility index (Phi) is 5.23. The largest absolute Gasteiger partial charge is 0.492 e. The number of fused-ring (bicyclic) bond motifs is 1. The summed E-state index contributed by atoms with van der Waals surface area (Å²) in [4.78, 5) is 2.42. The molecule has 2 rings (SSSR count). The highest BCUT2D eigenvalue weighted by atomic mass is 16.5. The average molecular weight is 262 g/mol. The monoisotopic (exact) mass is 262 g/mol. The molecule has 0 aromatic heterocycles. The van der Waals surface area contributed by atoms with Crippen molar-refractivity contribution < 1.29 is 4.74 Å². The van der Waals surface area contributed by atoms with Crippen LogP contribution >= 0.6 is 0 Å². The molecule has 0 saturated heterocycles. The SMILES string of the molecule is CCCNC1c2ccccc2OCC1N(C)CCC. The minimum Gasteiger partial charge on any atom is -0.492 e. The fourth-order valence-corrected chi connectivity index (χ4v) is 2.79.